The number of hydrogen-bond donors (Lipinski definition) is 3. The Morgan fingerprint density at radius 2 is 2.04 bits per heavy atom. The van der Waals surface area contributed by atoms with E-state index in [4.69, 9.17) is 4.74 Å². The van der Waals surface area contributed by atoms with E-state index < -0.39 is 17.6 Å². The molecule has 0 aromatic heterocycles. The van der Waals surface area contributed by atoms with Crippen LogP contribution in [-0.2, 0) is 15.7 Å². The van der Waals surface area contributed by atoms with Gasteiger partial charge in [-0.05, 0) is 19.1 Å². The van der Waals surface area contributed by atoms with Gasteiger partial charge in [0.15, 0.2) is 0 Å². The summed E-state index contributed by atoms with van der Waals surface area (Å²) in [6, 6.07) is 4.63. The molecule has 1 atom stereocenters. The van der Waals surface area contributed by atoms with E-state index >= 15 is 0 Å². The van der Waals surface area contributed by atoms with E-state index in [1.54, 1.807) is 6.92 Å². The highest BCUT2D eigenvalue weighted by atomic mass is 19.4. The minimum atomic E-state index is -4.52. The predicted octanol–water partition coefficient (Wildman–Crippen LogP) is 2.02. The summed E-state index contributed by atoms with van der Waals surface area (Å²) in [6.07, 6.45) is -4.50. The van der Waals surface area contributed by atoms with Crippen LogP contribution < -0.4 is 10.6 Å². The average molecular weight is 346 g/mol. The van der Waals surface area contributed by atoms with E-state index in [-0.39, 0.29) is 30.2 Å². The van der Waals surface area contributed by atoms with Crippen LogP contribution in [0.1, 0.15) is 18.9 Å². The average Bonchev–Trinajstić information content (AvgIpc) is 2.46. The number of carbonyl (C=O) groups is 1. The second-order valence-corrected chi connectivity index (χ2v) is 6.23. The van der Waals surface area contributed by atoms with Gasteiger partial charge in [-0.3, -0.25) is 4.79 Å². The lowest BCUT2D eigenvalue weighted by molar-refractivity contribution is -0.137. The lowest BCUT2D eigenvalue weighted by Crippen LogP contribution is -2.53. The predicted molar refractivity (Wildman–Crippen MR) is 82.5 cm³/mol. The minimum Gasteiger partial charge on any atom is -0.396 e. The first-order valence-electron chi connectivity index (χ1n) is 7.64. The van der Waals surface area contributed by atoms with E-state index in [1.165, 1.54) is 18.2 Å². The molecule has 0 bridgehead atoms. The Labute approximate surface area is 138 Å². The summed E-state index contributed by atoms with van der Waals surface area (Å²) in [6.45, 7) is 3.14. The molecule has 1 unspecified atom stereocenters. The number of amides is 1. The lowest BCUT2D eigenvalue weighted by atomic mass is 9.87. The summed E-state index contributed by atoms with van der Waals surface area (Å²) in [5, 5.41) is 14.8. The van der Waals surface area contributed by atoms with Gasteiger partial charge in [0, 0.05) is 19.0 Å². The van der Waals surface area contributed by atoms with Gasteiger partial charge >= 0.3 is 6.18 Å². The molecule has 3 N–H and O–H groups in total. The molecule has 1 saturated heterocycles. The number of carbonyl (C=O) groups excluding carboxylic acids is 1. The SMILES string of the molecule is CC(CC(=O)Nc1ccccc1C(F)(F)F)NCC1(CO)COC1. The van der Waals surface area contributed by atoms with Gasteiger partial charge in [-0.2, -0.15) is 13.2 Å². The summed E-state index contributed by atoms with van der Waals surface area (Å²) in [5.41, 5.74) is -1.45. The summed E-state index contributed by atoms with van der Waals surface area (Å²) in [5.74, 6) is -0.505. The molecule has 0 radical (unpaired) electrons. The van der Waals surface area contributed by atoms with Gasteiger partial charge in [0.1, 0.15) is 0 Å². The van der Waals surface area contributed by atoms with E-state index in [0.717, 1.165) is 6.07 Å². The number of aliphatic hydroxyl groups is 1. The van der Waals surface area contributed by atoms with Crippen molar-refractivity contribution >= 4 is 11.6 Å². The number of para-hydroxylation sites is 1. The molecular formula is C16H21F3N2O3. The number of nitrogens with one attached hydrogen (secondary N) is 2. The highest BCUT2D eigenvalue weighted by Crippen LogP contribution is 2.34. The molecule has 1 fully saturated rings. The second kappa shape index (κ2) is 7.50. The van der Waals surface area contributed by atoms with Crippen LogP contribution in [0.2, 0.25) is 0 Å². The standard InChI is InChI=1S/C16H21F3N2O3/c1-11(20-7-15(8-22)9-24-10-15)6-14(23)21-13-5-3-2-4-12(13)16(17,18)19/h2-5,11,20,22H,6-10H2,1H3,(H,21,23). The van der Waals surface area contributed by atoms with Crippen LogP contribution in [0.3, 0.4) is 0 Å². The van der Waals surface area contributed by atoms with Crippen molar-refractivity contribution < 1.29 is 27.8 Å². The third-order valence-corrected chi connectivity index (χ3v) is 3.98. The Hall–Kier alpha value is -1.64. The molecule has 24 heavy (non-hydrogen) atoms. The molecule has 8 heteroatoms. The molecule has 5 nitrogen and oxygen atoms in total. The van der Waals surface area contributed by atoms with Crippen molar-refractivity contribution in [2.24, 2.45) is 5.41 Å². The maximum atomic E-state index is 12.9. The topological polar surface area (TPSA) is 70.6 Å². The fraction of sp³-hybridized carbons (Fsp3) is 0.562. The van der Waals surface area contributed by atoms with Gasteiger partial charge in [-0.15, -0.1) is 0 Å². The first-order chi connectivity index (χ1) is 11.3. The van der Waals surface area contributed by atoms with Gasteiger partial charge in [0.25, 0.3) is 0 Å². The Morgan fingerprint density at radius 3 is 2.58 bits per heavy atom. The van der Waals surface area contributed by atoms with Crippen LogP contribution in [0, 0.1) is 5.41 Å². The molecule has 0 aliphatic carbocycles. The van der Waals surface area contributed by atoms with Crippen molar-refractivity contribution in [2.75, 3.05) is 31.7 Å². The molecule has 1 aliphatic heterocycles. The van der Waals surface area contributed by atoms with Crippen LogP contribution in [0.25, 0.3) is 0 Å². The van der Waals surface area contributed by atoms with E-state index in [0.29, 0.717) is 19.8 Å². The number of anilines is 1. The Bertz CT molecular complexity index is 568. The number of alkyl halides is 3. The highest BCUT2D eigenvalue weighted by molar-refractivity contribution is 5.92. The normalized spacial score (nSPS) is 17.9. The molecule has 1 amide bonds. The molecule has 1 heterocycles. The zero-order chi connectivity index (χ0) is 17.8. The first-order valence-corrected chi connectivity index (χ1v) is 7.64. The first kappa shape index (κ1) is 18.7. The number of benzene rings is 1. The Morgan fingerprint density at radius 1 is 1.38 bits per heavy atom. The number of hydrogen-bond acceptors (Lipinski definition) is 4. The molecule has 134 valence electrons. The number of aliphatic hydroxyl groups excluding tert-OH is 1. The van der Waals surface area contributed by atoms with Crippen molar-refractivity contribution in [2.45, 2.75) is 25.6 Å². The molecular weight excluding hydrogens is 325 g/mol. The van der Waals surface area contributed by atoms with Crippen molar-refractivity contribution in [3.63, 3.8) is 0 Å². The summed E-state index contributed by atoms with van der Waals surface area (Å²) < 4.78 is 43.8. The fourth-order valence-corrected chi connectivity index (χ4v) is 2.42. The van der Waals surface area contributed by atoms with Crippen LogP contribution >= 0.6 is 0 Å². The van der Waals surface area contributed by atoms with Crippen molar-refractivity contribution in [3.05, 3.63) is 29.8 Å². The van der Waals surface area contributed by atoms with Crippen molar-refractivity contribution in [1.29, 1.82) is 0 Å². The summed E-state index contributed by atoms with van der Waals surface area (Å²) >= 11 is 0. The number of halogens is 3. The third kappa shape index (κ3) is 4.68. The van der Waals surface area contributed by atoms with Crippen LogP contribution in [0.5, 0.6) is 0 Å². The molecule has 0 spiro atoms. The number of rotatable bonds is 7. The van der Waals surface area contributed by atoms with Gasteiger partial charge < -0.3 is 20.5 Å². The monoisotopic (exact) mass is 346 g/mol. The second-order valence-electron chi connectivity index (χ2n) is 6.23. The largest absolute Gasteiger partial charge is 0.418 e. The minimum absolute atomic E-state index is 0.0160. The third-order valence-electron chi connectivity index (χ3n) is 3.98. The van der Waals surface area contributed by atoms with E-state index in [9.17, 15) is 23.1 Å². The quantitative estimate of drug-likeness (QED) is 0.706. The van der Waals surface area contributed by atoms with Gasteiger partial charge in [-0.1, -0.05) is 12.1 Å². The van der Waals surface area contributed by atoms with Crippen molar-refractivity contribution in [1.82, 2.24) is 5.32 Å². The van der Waals surface area contributed by atoms with Gasteiger partial charge in [0.05, 0.1) is 36.5 Å². The Balaban J connectivity index is 1.87. The van der Waals surface area contributed by atoms with Crippen LogP contribution in [0.15, 0.2) is 24.3 Å². The van der Waals surface area contributed by atoms with E-state index in [2.05, 4.69) is 10.6 Å². The Kier molecular flexibility index (Phi) is 5.84. The smallest absolute Gasteiger partial charge is 0.396 e. The number of ether oxygens (including phenoxy) is 1. The van der Waals surface area contributed by atoms with Gasteiger partial charge in [0.2, 0.25) is 5.91 Å². The molecule has 1 aliphatic rings. The molecule has 2 rings (SSSR count). The summed E-state index contributed by atoms with van der Waals surface area (Å²) in [4.78, 5) is 12.0. The molecule has 1 aromatic rings. The maximum Gasteiger partial charge on any atom is 0.418 e. The van der Waals surface area contributed by atoms with Gasteiger partial charge in [-0.25, -0.2) is 0 Å². The highest BCUT2D eigenvalue weighted by Gasteiger charge is 2.38. The van der Waals surface area contributed by atoms with Crippen LogP contribution in [-0.4, -0.2) is 43.4 Å². The molecule has 0 saturated carbocycles. The maximum absolute atomic E-state index is 12.9. The molecule has 1 aromatic carbocycles. The van der Waals surface area contributed by atoms with E-state index in [1.807, 2.05) is 0 Å². The fourth-order valence-electron chi connectivity index (χ4n) is 2.42. The lowest BCUT2D eigenvalue weighted by Gasteiger charge is -2.40. The summed E-state index contributed by atoms with van der Waals surface area (Å²) in [7, 11) is 0. The zero-order valence-electron chi connectivity index (χ0n) is 13.3. The van der Waals surface area contributed by atoms with Crippen molar-refractivity contribution in [3.8, 4) is 0 Å². The zero-order valence-corrected chi connectivity index (χ0v) is 13.3. The van der Waals surface area contributed by atoms with Crippen LogP contribution in [0.4, 0.5) is 18.9 Å².